The molecule has 0 unspecified atom stereocenters. The number of ether oxygens (including phenoxy) is 3. The molecule has 4 rings (SSSR count). The van der Waals surface area contributed by atoms with Crippen molar-refractivity contribution in [2.24, 2.45) is 0 Å². The van der Waals surface area contributed by atoms with E-state index < -0.39 is 35.3 Å². The largest absolute Gasteiger partial charge is 0.494 e. The van der Waals surface area contributed by atoms with Gasteiger partial charge in [0.25, 0.3) is 17.1 Å². The fourth-order valence-corrected chi connectivity index (χ4v) is 5.10. The number of hydrogen-bond donors (Lipinski definition) is 2. The maximum Gasteiger partial charge on any atom is 0.294 e. The van der Waals surface area contributed by atoms with Crippen molar-refractivity contribution in [3.8, 4) is 17.2 Å². The third-order valence-corrected chi connectivity index (χ3v) is 7.35. The Morgan fingerprint density at radius 2 is 1.49 bits per heavy atom. The second kappa shape index (κ2) is 14.7. The van der Waals surface area contributed by atoms with Gasteiger partial charge in [-0.25, -0.2) is 4.39 Å². The summed E-state index contributed by atoms with van der Waals surface area (Å²) in [5.74, 6) is -0.802. The molecule has 0 spiro atoms. The van der Waals surface area contributed by atoms with Gasteiger partial charge in [-0.05, 0) is 97.9 Å². The Labute approximate surface area is 259 Å². The lowest BCUT2D eigenvalue weighted by Gasteiger charge is -2.14. The lowest BCUT2D eigenvalue weighted by atomic mass is 10.1. The Bertz CT molecular complexity index is 1550. The van der Waals surface area contributed by atoms with Crippen molar-refractivity contribution in [3.05, 3.63) is 81.4 Å². The molecule has 1 aliphatic rings. The average Bonchev–Trinajstić information content (AvgIpc) is 3.23. The van der Waals surface area contributed by atoms with Crippen LogP contribution in [0.15, 0.2) is 70.0 Å². The fourth-order valence-electron chi connectivity index (χ4n) is 3.84. The van der Waals surface area contributed by atoms with E-state index in [4.69, 9.17) is 14.2 Å². The number of amides is 4. The van der Waals surface area contributed by atoms with Crippen LogP contribution in [0.5, 0.6) is 17.2 Å². The first kappa shape index (κ1) is 31.6. The number of anilines is 2. The number of imide groups is 1. The maximum atomic E-state index is 13.1. The molecular formula is C30H27BrFN3O7S. The van der Waals surface area contributed by atoms with E-state index in [1.807, 2.05) is 6.92 Å². The van der Waals surface area contributed by atoms with E-state index in [0.717, 1.165) is 4.90 Å². The van der Waals surface area contributed by atoms with E-state index >= 15 is 0 Å². The minimum atomic E-state index is -0.612. The number of rotatable bonds is 12. The molecule has 4 amide bonds. The second-order valence-electron chi connectivity index (χ2n) is 8.87. The molecule has 10 nitrogen and oxygen atoms in total. The minimum Gasteiger partial charge on any atom is -0.494 e. The smallest absolute Gasteiger partial charge is 0.294 e. The molecule has 3 aromatic rings. The van der Waals surface area contributed by atoms with Gasteiger partial charge in [0.2, 0.25) is 5.91 Å². The molecule has 0 aromatic heterocycles. The number of nitrogens with zero attached hydrogens (tertiary/aromatic N) is 1. The molecule has 0 bridgehead atoms. The van der Waals surface area contributed by atoms with E-state index in [1.54, 1.807) is 43.3 Å². The Kier molecular flexibility index (Phi) is 10.8. The molecule has 224 valence electrons. The van der Waals surface area contributed by atoms with Gasteiger partial charge in [0, 0.05) is 15.8 Å². The van der Waals surface area contributed by atoms with Crippen LogP contribution in [0, 0.1) is 5.82 Å². The molecule has 1 fully saturated rings. The van der Waals surface area contributed by atoms with Crippen molar-refractivity contribution in [1.29, 1.82) is 0 Å². The van der Waals surface area contributed by atoms with Gasteiger partial charge in [-0.2, -0.15) is 0 Å². The van der Waals surface area contributed by atoms with Crippen LogP contribution in [0.1, 0.15) is 19.4 Å². The molecule has 0 radical (unpaired) electrons. The van der Waals surface area contributed by atoms with Gasteiger partial charge < -0.3 is 24.8 Å². The molecule has 1 saturated heterocycles. The highest BCUT2D eigenvalue weighted by Crippen LogP contribution is 2.38. The molecule has 1 heterocycles. The van der Waals surface area contributed by atoms with Gasteiger partial charge in [-0.1, -0.05) is 15.9 Å². The van der Waals surface area contributed by atoms with E-state index in [0.29, 0.717) is 57.9 Å². The lowest BCUT2D eigenvalue weighted by Crippen LogP contribution is -2.36. The van der Waals surface area contributed by atoms with Gasteiger partial charge in [0.05, 0.1) is 18.1 Å². The van der Waals surface area contributed by atoms with Gasteiger partial charge in [-0.15, -0.1) is 0 Å². The van der Waals surface area contributed by atoms with Crippen molar-refractivity contribution < 1.29 is 37.8 Å². The fraction of sp³-hybridized carbons (Fsp3) is 0.200. The molecule has 43 heavy (non-hydrogen) atoms. The van der Waals surface area contributed by atoms with Crippen molar-refractivity contribution in [2.75, 3.05) is 37.0 Å². The monoisotopic (exact) mass is 671 g/mol. The molecule has 0 aliphatic carbocycles. The van der Waals surface area contributed by atoms with E-state index in [-0.39, 0.29) is 17.3 Å². The Hall–Kier alpha value is -4.36. The molecule has 0 atom stereocenters. The summed E-state index contributed by atoms with van der Waals surface area (Å²) in [4.78, 5) is 51.5. The van der Waals surface area contributed by atoms with Crippen molar-refractivity contribution in [1.82, 2.24) is 4.90 Å². The molecule has 2 N–H and O–H groups in total. The second-order valence-corrected chi connectivity index (χ2v) is 10.7. The van der Waals surface area contributed by atoms with Crippen LogP contribution in [0.4, 0.5) is 20.6 Å². The summed E-state index contributed by atoms with van der Waals surface area (Å²) in [5.41, 5.74) is 1.42. The van der Waals surface area contributed by atoms with E-state index in [1.165, 1.54) is 30.3 Å². The first-order valence-corrected chi connectivity index (χ1v) is 14.7. The molecular weight excluding hydrogens is 645 g/mol. The average molecular weight is 673 g/mol. The Morgan fingerprint density at radius 3 is 2.14 bits per heavy atom. The van der Waals surface area contributed by atoms with Crippen LogP contribution in [0.2, 0.25) is 0 Å². The number of thioether (sulfide) groups is 1. The number of nitrogens with one attached hydrogen (secondary N) is 2. The number of benzene rings is 3. The summed E-state index contributed by atoms with van der Waals surface area (Å²) in [6, 6.07) is 15.2. The zero-order valence-electron chi connectivity index (χ0n) is 23.1. The Morgan fingerprint density at radius 1 is 0.884 bits per heavy atom. The third-order valence-electron chi connectivity index (χ3n) is 5.76. The van der Waals surface area contributed by atoms with E-state index in [9.17, 15) is 23.6 Å². The molecule has 13 heteroatoms. The summed E-state index contributed by atoms with van der Waals surface area (Å²) >= 11 is 4.15. The summed E-state index contributed by atoms with van der Waals surface area (Å²) in [5, 5.41) is 4.70. The molecule has 0 saturated carbocycles. The van der Waals surface area contributed by atoms with Crippen molar-refractivity contribution in [2.45, 2.75) is 13.8 Å². The summed E-state index contributed by atoms with van der Waals surface area (Å²) in [6.45, 7) is 3.64. The van der Waals surface area contributed by atoms with Crippen molar-refractivity contribution in [3.63, 3.8) is 0 Å². The summed E-state index contributed by atoms with van der Waals surface area (Å²) < 4.78 is 30.3. The van der Waals surface area contributed by atoms with Gasteiger partial charge >= 0.3 is 0 Å². The predicted molar refractivity (Wildman–Crippen MR) is 165 cm³/mol. The molecule has 1 aliphatic heterocycles. The first-order chi connectivity index (χ1) is 20.7. The van der Waals surface area contributed by atoms with Crippen LogP contribution in [0.25, 0.3) is 6.08 Å². The quantitative estimate of drug-likeness (QED) is 0.222. The van der Waals surface area contributed by atoms with Gasteiger partial charge in [-0.3, -0.25) is 24.1 Å². The number of carbonyl (C=O) groups excluding carboxylic acids is 4. The lowest BCUT2D eigenvalue weighted by molar-refractivity contribution is -0.127. The van der Waals surface area contributed by atoms with Gasteiger partial charge in [0.1, 0.15) is 18.1 Å². The number of halogens is 2. The normalized spacial score (nSPS) is 13.7. The van der Waals surface area contributed by atoms with E-state index in [2.05, 4.69) is 26.6 Å². The minimum absolute atomic E-state index is 0.120. The topological polar surface area (TPSA) is 123 Å². The first-order valence-electron chi connectivity index (χ1n) is 13.1. The van der Waals surface area contributed by atoms with Crippen LogP contribution in [0.3, 0.4) is 0 Å². The SMILES string of the molecule is CCOc1ccc(NC(=O)CN2C(=O)S/C(=C/c3cc(OCC)c(OCC(=O)Nc4ccc(F)cc4)cc3Br)C2=O)cc1. The van der Waals surface area contributed by atoms with Crippen LogP contribution < -0.4 is 24.8 Å². The summed E-state index contributed by atoms with van der Waals surface area (Å²) in [6.07, 6.45) is 1.51. The van der Waals surface area contributed by atoms with Crippen LogP contribution in [-0.2, 0) is 14.4 Å². The number of carbonyl (C=O) groups is 4. The van der Waals surface area contributed by atoms with Gasteiger partial charge in [0.15, 0.2) is 18.1 Å². The van der Waals surface area contributed by atoms with Crippen molar-refractivity contribution >= 4 is 68.1 Å². The highest BCUT2D eigenvalue weighted by atomic mass is 79.9. The summed E-state index contributed by atoms with van der Waals surface area (Å²) in [7, 11) is 0. The molecule has 3 aromatic carbocycles. The standard InChI is InChI=1S/C30H27BrFN3O7S/c1-3-40-22-11-9-21(10-12-22)33-27(36)16-35-29(38)26(43-30(35)39)14-18-13-24(41-4-2)25(15-23(18)31)42-17-28(37)34-20-7-5-19(32)6-8-20/h5-15H,3-4,16-17H2,1-2H3,(H,33,36)(H,34,37)/b26-14+. The highest BCUT2D eigenvalue weighted by molar-refractivity contribution is 9.10. The predicted octanol–water partition coefficient (Wildman–Crippen LogP) is 6.08. The number of hydrogen-bond acceptors (Lipinski definition) is 8. The maximum absolute atomic E-state index is 13.1. The van der Waals surface area contributed by atoms with Crippen LogP contribution in [-0.4, -0.2) is 54.2 Å². The zero-order valence-corrected chi connectivity index (χ0v) is 25.6. The third kappa shape index (κ3) is 8.58. The van der Waals surface area contributed by atoms with Crippen LogP contribution >= 0.6 is 27.7 Å². The Balaban J connectivity index is 1.42. The highest BCUT2D eigenvalue weighted by Gasteiger charge is 2.36. The zero-order chi connectivity index (χ0) is 30.9.